The van der Waals surface area contributed by atoms with Crippen LogP contribution in [-0.4, -0.2) is 31.1 Å². The van der Waals surface area contributed by atoms with E-state index in [1.807, 2.05) is 0 Å². The smallest absolute Gasteiger partial charge is 0.322 e. The summed E-state index contributed by atoms with van der Waals surface area (Å²) in [5.41, 5.74) is 6.40. The Kier molecular flexibility index (Phi) is 7.57. The minimum Gasteiger partial charge on any atom is -0.468 e. The molecule has 25 heavy (non-hydrogen) atoms. The molecule has 0 saturated carbocycles. The molecule has 1 rings (SSSR count). The lowest BCUT2D eigenvalue weighted by atomic mass is 10.1. The minimum atomic E-state index is -0.845. The Morgan fingerprint density at radius 3 is 1.92 bits per heavy atom. The molecule has 2 N–H and O–H groups in total. The average Bonchev–Trinajstić information content (AvgIpc) is 2.55. The zero-order chi connectivity index (χ0) is 19.1. The second-order valence-electron chi connectivity index (χ2n) is 6.27. The number of methoxy groups -OCH3 is 1. The number of ether oxygens (including phenoxy) is 3. The quantitative estimate of drug-likeness (QED) is 0.590. The maximum atomic E-state index is 11.9. The van der Waals surface area contributed by atoms with E-state index in [0.29, 0.717) is 5.56 Å². The van der Waals surface area contributed by atoms with Crippen LogP contribution in [0.4, 0.5) is 0 Å². The number of nitrogens with two attached hydrogens (primary N) is 1. The van der Waals surface area contributed by atoms with Gasteiger partial charge in [0.15, 0.2) is 11.5 Å². The van der Waals surface area contributed by atoms with Gasteiger partial charge in [-0.1, -0.05) is 33.8 Å². The molecule has 0 aromatic heterocycles. The van der Waals surface area contributed by atoms with Crippen LogP contribution in [0, 0.1) is 11.8 Å². The Morgan fingerprint density at radius 2 is 1.44 bits per heavy atom. The molecule has 0 aliphatic heterocycles. The number of carbonyl (C=O) groups is 3. The Bertz CT molecular complexity index is 638. The van der Waals surface area contributed by atoms with Crippen LogP contribution in [0.1, 0.15) is 33.3 Å². The van der Waals surface area contributed by atoms with Crippen LogP contribution in [0.2, 0.25) is 0 Å². The summed E-state index contributed by atoms with van der Waals surface area (Å²) in [7, 11) is 1.26. The molecule has 1 aromatic rings. The van der Waals surface area contributed by atoms with Crippen molar-refractivity contribution in [1.29, 1.82) is 0 Å². The first kappa shape index (κ1) is 20.6. The summed E-state index contributed by atoms with van der Waals surface area (Å²) < 4.78 is 15.2. The third-order valence-corrected chi connectivity index (χ3v) is 3.33. The number of benzene rings is 1. The molecule has 0 saturated heterocycles. The van der Waals surface area contributed by atoms with E-state index in [2.05, 4.69) is 4.74 Å². The molecule has 0 amide bonds. The summed E-state index contributed by atoms with van der Waals surface area (Å²) in [5, 5.41) is 0. The topological polar surface area (TPSA) is 105 Å². The third-order valence-electron chi connectivity index (χ3n) is 3.33. The zero-order valence-corrected chi connectivity index (χ0v) is 15.2. The highest BCUT2D eigenvalue weighted by atomic mass is 16.6. The standard InChI is InChI=1S/C18H25NO6/c1-10(2)16(20)24-14-7-6-12(8-13(19)18(22)23-5)9-15(14)25-17(21)11(3)4/h6-7,9-11,13H,8,19H2,1-5H3/t13-/m0/s1. The first-order valence-electron chi connectivity index (χ1n) is 8.05. The summed E-state index contributed by atoms with van der Waals surface area (Å²) in [6, 6.07) is 3.86. The lowest BCUT2D eigenvalue weighted by Crippen LogP contribution is -2.33. The number of rotatable bonds is 7. The van der Waals surface area contributed by atoms with Gasteiger partial charge in [0.25, 0.3) is 0 Å². The second kappa shape index (κ2) is 9.17. The van der Waals surface area contributed by atoms with Crippen molar-refractivity contribution in [2.24, 2.45) is 17.6 Å². The molecule has 0 fully saturated rings. The van der Waals surface area contributed by atoms with Crippen molar-refractivity contribution in [3.63, 3.8) is 0 Å². The van der Waals surface area contributed by atoms with Gasteiger partial charge in [0, 0.05) is 0 Å². The largest absolute Gasteiger partial charge is 0.468 e. The summed E-state index contributed by atoms with van der Waals surface area (Å²) in [5.74, 6) is -1.88. The average molecular weight is 351 g/mol. The first-order valence-corrected chi connectivity index (χ1v) is 8.05. The molecule has 138 valence electrons. The molecule has 0 bridgehead atoms. The van der Waals surface area contributed by atoms with Crippen molar-refractivity contribution in [2.75, 3.05) is 7.11 Å². The molecule has 7 heteroatoms. The molecule has 0 heterocycles. The van der Waals surface area contributed by atoms with E-state index in [9.17, 15) is 14.4 Å². The summed E-state index contributed by atoms with van der Waals surface area (Å²) in [6.07, 6.45) is 0.192. The zero-order valence-electron chi connectivity index (χ0n) is 15.2. The van der Waals surface area contributed by atoms with Gasteiger partial charge in [-0.2, -0.15) is 0 Å². The molecule has 0 aliphatic rings. The van der Waals surface area contributed by atoms with Crippen LogP contribution in [0.3, 0.4) is 0 Å². The second-order valence-corrected chi connectivity index (χ2v) is 6.27. The highest BCUT2D eigenvalue weighted by Crippen LogP contribution is 2.30. The number of carbonyl (C=O) groups excluding carboxylic acids is 3. The fourth-order valence-electron chi connectivity index (χ4n) is 1.78. The van der Waals surface area contributed by atoms with Gasteiger partial charge in [-0.25, -0.2) is 0 Å². The van der Waals surface area contributed by atoms with E-state index in [4.69, 9.17) is 15.2 Å². The van der Waals surface area contributed by atoms with Crippen molar-refractivity contribution < 1.29 is 28.6 Å². The molecule has 0 unspecified atom stereocenters. The van der Waals surface area contributed by atoms with Gasteiger partial charge in [0.1, 0.15) is 6.04 Å². The van der Waals surface area contributed by atoms with Crippen LogP contribution in [0.15, 0.2) is 18.2 Å². The molecule has 1 atom stereocenters. The number of esters is 3. The first-order chi connectivity index (χ1) is 11.6. The van der Waals surface area contributed by atoms with Gasteiger partial charge < -0.3 is 19.9 Å². The van der Waals surface area contributed by atoms with Crippen LogP contribution in [0.5, 0.6) is 11.5 Å². The van der Waals surface area contributed by atoms with Crippen molar-refractivity contribution in [3.8, 4) is 11.5 Å². The molecule has 0 radical (unpaired) electrons. The predicted molar refractivity (Wildman–Crippen MR) is 91.1 cm³/mol. The van der Waals surface area contributed by atoms with Crippen molar-refractivity contribution in [1.82, 2.24) is 0 Å². The van der Waals surface area contributed by atoms with Gasteiger partial charge in [0.05, 0.1) is 18.9 Å². The molecule has 0 aliphatic carbocycles. The highest BCUT2D eigenvalue weighted by Gasteiger charge is 2.20. The third kappa shape index (κ3) is 6.19. The van der Waals surface area contributed by atoms with E-state index in [1.165, 1.54) is 19.2 Å². The van der Waals surface area contributed by atoms with Crippen molar-refractivity contribution >= 4 is 17.9 Å². The van der Waals surface area contributed by atoms with Crippen LogP contribution in [-0.2, 0) is 25.5 Å². The SMILES string of the molecule is COC(=O)[C@@H](N)Cc1ccc(OC(=O)C(C)C)c(OC(=O)C(C)C)c1. The highest BCUT2D eigenvalue weighted by molar-refractivity contribution is 5.78. The lowest BCUT2D eigenvalue weighted by Gasteiger charge is -2.15. The maximum Gasteiger partial charge on any atom is 0.322 e. The van der Waals surface area contributed by atoms with E-state index >= 15 is 0 Å². The minimum absolute atomic E-state index is 0.113. The number of hydrogen-bond acceptors (Lipinski definition) is 7. The van der Waals surface area contributed by atoms with Gasteiger partial charge in [0.2, 0.25) is 0 Å². The molecular weight excluding hydrogens is 326 g/mol. The molecule has 0 spiro atoms. The fourth-order valence-corrected chi connectivity index (χ4v) is 1.78. The monoisotopic (exact) mass is 351 g/mol. The van der Waals surface area contributed by atoms with Gasteiger partial charge in [-0.3, -0.25) is 14.4 Å². The molecule has 7 nitrogen and oxygen atoms in total. The van der Waals surface area contributed by atoms with Gasteiger partial charge in [-0.05, 0) is 24.1 Å². The van der Waals surface area contributed by atoms with E-state index < -0.39 is 23.9 Å². The predicted octanol–water partition coefficient (Wildman–Crippen LogP) is 1.85. The molecular formula is C18H25NO6. The van der Waals surface area contributed by atoms with Crippen LogP contribution in [0.25, 0.3) is 0 Å². The van der Waals surface area contributed by atoms with Crippen LogP contribution < -0.4 is 15.2 Å². The Balaban J connectivity index is 3.10. The number of hydrogen-bond donors (Lipinski definition) is 1. The summed E-state index contributed by atoms with van der Waals surface area (Å²) in [6.45, 7) is 6.79. The molecule has 1 aromatic carbocycles. The van der Waals surface area contributed by atoms with Crippen molar-refractivity contribution in [3.05, 3.63) is 23.8 Å². The van der Waals surface area contributed by atoms with Crippen LogP contribution >= 0.6 is 0 Å². The van der Waals surface area contributed by atoms with E-state index in [0.717, 1.165) is 0 Å². The normalized spacial score (nSPS) is 12.0. The summed E-state index contributed by atoms with van der Waals surface area (Å²) in [4.78, 5) is 35.2. The maximum absolute atomic E-state index is 11.9. The van der Waals surface area contributed by atoms with Gasteiger partial charge in [-0.15, -0.1) is 0 Å². The Labute approximate surface area is 147 Å². The Morgan fingerprint density at radius 1 is 0.920 bits per heavy atom. The Hall–Kier alpha value is -2.41. The van der Waals surface area contributed by atoms with Crippen molar-refractivity contribution in [2.45, 2.75) is 40.2 Å². The van der Waals surface area contributed by atoms with E-state index in [1.54, 1.807) is 33.8 Å². The fraction of sp³-hybridized carbons (Fsp3) is 0.500. The summed E-state index contributed by atoms with van der Waals surface area (Å²) >= 11 is 0. The van der Waals surface area contributed by atoms with Gasteiger partial charge >= 0.3 is 17.9 Å². The van der Waals surface area contributed by atoms with E-state index in [-0.39, 0.29) is 29.8 Å². The lowest BCUT2D eigenvalue weighted by molar-refractivity contribution is -0.142.